The van der Waals surface area contributed by atoms with Gasteiger partial charge in [0.1, 0.15) is 12.6 Å². The molecule has 1 heterocycles. The lowest BCUT2D eigenvalue weighted by atomic mass is 10.1. The Morgan fingerprint density at radius 3 is 2.42 bits per heavy atom. The van der Waals surface area contributed by atoms with Gasteiger partial charge < -0.3 is 19.9 Å². The second kappa shape index (κ2) is 12.4. The van der Waals surface area contributed by atoms with Crippen molar-refractivity contribution in [1.29, 1.82) is 0 Å². The zero-order chi connectivity index (χ0) is 17.6. The van der Waals surface area contributed by atoms with Crippen molar-refractivity contribution in [2.45, 2.75) is 51.7 Å². The van der Waals surface area contributed by atoms with Crippen LogP contribution in [0.4, 0.5) is 4.79 Å². The third-order valence-corrected chi connectivity index (χ3v) is 3.48. The smallest absolute Gasteiger partial charge is 0.408 e. The van der Waals surface area contributed by atoms with Crippen LogP contribution >= 0.6 is 0 Å². The molecule has 2 rings (SSSR count). The minimum Gasteiger partial charge on any atom is -0.480 e. The fourth-order valence-corrected chi connectivity index (χ4v) is 2.08. The minimum absolute atomic E-state index is 0.132. The largest absolute Gasteiger partial charge is 0.480 e. The number of aliphatic carboxylic acids is 1. The number of ether oxygens (including phenoxy) is 2. The molecule has 1 amide bonds. The number of carboxylic acid groups (broad SMARTS) is 1. The zero-order valence-corrected chi connectivity index (χ0v) is 14.2. The number of hydrogen-bond donors (Lipinski definition) is 2. The van der Waals surface area contributed by atoms with E-state index in [2.05, 4.69) is 5.32 Å². The molecule has 1 atom stereocenters. The average molecular weight is 337 g/mol. The third-order valence-electron chi connectivity index (χ3n) is 3.48. The summed E-state index contributed by atoms with van der Waals surface area (Å²) in [6, 6.07) is 8.34. The van der Waals surface area contributed by atoms with E-state index in [-0.39, 0.29) is 6.61 Å². The molecule has 0 bridgehead atoms. The Balaban J connectivity index is 0.000000488. The summed E-state index contributed by atoms with van der Waals surface area (Å²) in [7, 11) is 0. The molecule has 2 N–H and O–H groups in total. The highest BCUT2D eigenvalue weighted by Gasteiger charge is 2.19. The summed E-state index contributed by atoms with van der Waals surface area (Å²) in [5.41, 5.74) is 0.859. The van der Waals surface area contributed by atoms with Gasteiger partial charge >= 0.3 is 12.1 Å². The molecule has 0 radical (unpaired) electrons. The first-order chi connectivity index (χ1) is 11.6. The molecule has 1 fully saturated rings. The highest BCUT2D eigenvalue weighted by molar-refractivity contribution is 5.79. The van der Waals surface area contributed by atoms with E-state index in [1.165, 1.54) is 12.8 Å². The topological polar surface area (TPSA) is 84.9 Å². The van der Waals surface area contributed by atoms with Crippen molar-refractivity contribution in [3.05, 3.63) is 35.9 Å². The van der Waals surface area contributed by atoms with E-state index in [0.29, 0.717) is 6.42 Å². The number of nitrogens with one attached hydrogen (secondary N) is 1. The summed E-state index contributed by atoms with van der Waals surface area (Å²) in [5.74, 6) is -1.04. The lowest BCUT2D eigenvalue weighted by Crippen LogP contribution is -2.40. The molecule has 0 aliphatic carbocycles. The van der Waals surface area contributed by atoms with Crippen LogP contribution in [0.3, 0.4) is 0 Å². The van der Waals surface area contributed by atoms with Crippen molar-refractivity contribution in [2.75, 3.05) is 13.2 Å². The van der Waals surface area contributed by atoms with Gasteiger partial charge in [0.15, 0.2) is 0 Å². The van der Waals surface area contributed by atoms with Gasteiger partial charge in [-0.15, -0.1) is 0 Å². The van der Waals surface area contributed by atoms with Gasteiger partial charge in [-0.3, -0.25) is 0 Å². The molecule has 0 saturated carbocycles. The first kappa shape index (κ1) is 20.0. The Morgan fingerprint density at radius 2 is 1.92 bits per heavy atom. The molecule has 134 valence electrons. The normalized spacial score (nSPS) is 14.2. The Labute approximate surface area is 143 Å². The highest BCUT2D eigenvalue weighted by atomic mass is 16.5. The first-order valence-electron chi connectivity index (χ1n) is 8.41. The molecule has 24 heavy (non-hydrogen) atoms. The lowest BCUT2D eigenvalue weighted by Gasteiger charge is -2.14. The van der Waals surface area contributed by atoms with Crippen molar-refractivity contribution in [3.63, 3.8) is 0 Å². The maximum Gasteiger partial charge on any atom is 0.408 e. The van der Waals surface area contributed by atoms with Crippen LogP contribution in [0.2, 0.25) is 0 Å². The molecule has 0 spiro atoms. The third kappa shape index (κ3) is 9.15. The first-order valence-corrected chi connectivity index (χ1v) is 8.41. The van der Waals surface area contributed by atoms with E-state index in [0.717, 1.165) is 31.6 Å². The van der Waals surface area contributed by atoms with Gasteiger partial charge in [0.05, 0.1) is 0 Å². The Morgan fingerprint density at radius 1 is 1.25 bits per heavy atom. The SMILES string of the molecule is C1CCOC1.CCCC[C@H](NC(=O)OCc1ccccc1)C(=O)O. The highest BCUT2D eigenvalue weighted by Crippen LogP contribution is 2.03. The van der Waals surface area contributed by atoms with Gasteiger partial charge in [-0.2, -0.15) is 0 Å². The van der Waals surface area contributed by atoms with Gasteiger partial charge in [0.2, 0.25) is 0 Å². The van der Waals surface area contributed by atoms with Crippen LogP contribution in [0.15, 0.2) is 30.3 Å². The molecule has 6 nitrogen and oxygen atoms in total. The summed E-state index contributed by atoms with van der Waals surface area (Å²) in [6.07, 6.45) is 3.89. The van der Waals surface area contributed by atoms with Gasteiger partial charge in [-0.25, -0.2) is 9.59 Å². The number of benzene rings is 1. The molecule has 1 aromatic carbocycles. The van der Waals surface area contributed by atoms with E-state index in [9.17, 15) is 9.59 Å². The molecular weight excluding hydrogens is 310 g/mol. The predicted octanol–water partition coefficient (Wildman–Crippen LogP) is 3.35. The van der Waals surface area contributed by atoms with E-state index < -0.39 is 18.1 Å². The summed E-state index contributed by atoms with van der Waals surface area (Å²) >= 11 is 0. The predicted molar refractivity (Wildman–Crippen MR) is 90.8 cm³/mol. The second-order valence-corrected chi connectivity index (χ2v) is 5.56. The van der Waals surface area contributed by atoms with E-state index in [1.54, 1.807) is 0 Å². The molecule has 1 aliphatic rings. The number of hydrogen-bond acceptors (Lipinski definition) is 4. The second-order valence-electron chi connectivity index (χ2n) is 5.56. The molecule has 0 unspecified atom stereocenters. The number of carbonyl (C=O) groups is 2. The summed E-state index contributed by atoms with van der Waals surface area (Å²) in [4.78, 5) is 22.4. The molecule has 6 heteroatoms. The van der Waals surface area contributed by atoms with Gasteiger partial charge in [0.25, 0.3) is 0 Å². The minimum atomic E-state index is -1.04. The van der Waals surface area contributed by atoms with Gasteiger partial charge in [-0.05, 0) is 24.8 Å². The van der Waals surface area contributed by atoms with Crippen LogP contribution in [0.5, 0.6) is 0 Å². The fraction of sp³-hybridized carbons (Fsp3) is 0.556. The number of unbranched alkanes of at least 4 members (excludes halogenated alkanes) is 1. The standard InChI is InChI=1S/C14H19NO4.C4H8O/c1-2-3-9-12(13(16)17)15-14(18)19-10-11-7-5-4-6-8-11;1-2-4-5-3-1/h4-8,12H,2-3,9-10H2,1H3,(H,15,18)(H,16,17);1-4H2/t12-;/m0./s1. The molecule has 0 aromatic heterocycles. The molecule has 1 aromatic rings. The summed E-state index contributed by atoms with van der Waals surface area (Å²) < 4.78 is 9.92. The van der Waals surface area contributed by atoms with Crippen molar-refractivity contribution in [1.82, 2.24) is 5.32 Å². The van der Waals surface area contributed by atoms with Crippen molar-refractivity contribution >= 4 is 12.1 Å². The maximum atomic E-state index is 11.5. The van der Waals surface area contributed by atoms with Crippen molar-refractivity contribution in [3.8, 4) is 0 Å². The molecule has 1 aliphatic heterocycles. The Hall–Kier alpha value is -2.08. The van der Waals surface area contributed by atoms with Gasteiger partial charge in [0, 0.05) is 13.2 Å². The van der Waals surface area contributed by atoms with E-state index >= 15 is 0 Å². The van der Waals surface area contributed by atoms with Crippen LogP contribution in [-0.2, 0) is 20.9 Å². The summed E-state index contributed by atoms with van der Waals surface area (Å²) in [6.45, 7) is 4.10. The van der Waals surface area contributed by atoms with Crippen LogP contribution in [0.1, 0.15) is 44.6 Å². The number of carbonyl (C=O) groups excluding carboxylic acids is 1. The van der Waals surface area contributed by atoms with Crippen LogP contribution in [0.25, 0.3) is 0 Å². The number of rotatable bonds is 7. The van der Waals surface area contributed by atoms with Crippen LogP contribution in [-0.4, -0.2) is 36.4 Å². The van der Waals surface area contributed by atoms with E-state index in [1.807, 2.05) is 37.3 Å². The molecular formula is C18H27NO5. The zero-order valence-electron chi connectivity index (χ0n) is 14.2. The average Bonchev–Trinajstić information content (AvgIpc) is 3.17. The summed E-state index contributed by atoms with van der Waals surface area (Å²) in [5, 5.41) is 11.3. The number of amides is 1. The molecule has 1 saturated heterocycles. The van der Waals surface area contributed by atoms with E-state index in [4.69, 9.17) is 14.6 Å². The van der Waals surface area contributed by atoms with Crippen molar-refractivity contribution in [2.24, 2.45) is 0 Å². The lowest BCUT2D eigenvalue weighted by molar-refractivity contribution is -0.139. The Kier molecular flexibility index (Phi) is 10.3. The van der Waals surface area contributed by atoms with Crippen LogP contribution < -0.4 is 5.32 Å². The van der Waals surface area contributed by atoms with Gasteiger partial charge in [-0.1, -0.05) is 50.1 Å². The number of alkyl carbamates (subject to hydrolysis) is 1. The van der Waals surface area contributed by atoms with Crippen molar-refractivity contribution < 1.29 is 24.2 Å². The monoisotopic (exact) mass is 337 g/mol. The quantitative estimate of drug-likeness (QED) is 0.797. The maximum absolute atomic E-state index is 11.5. The van der Waals surface area contributed by atoms with Crippen LogP contribution in [0, 0.1) is 0 Å². The fourth-order valence-electron chi connectivity index (χ4n) is 2.08. The number of carboxylic acids is 1. The Bertz CT molecular complexity index is 466.